The maximum Gasteiger partial charge on any atom is 0.322 e. The van der Waals surface area contributed by atoms with E-state index < -0.39 is 0 Å². The van der Waals surface area contributed by atoms with E-state index in [2.05, 4.69) is 17.6 Å². The summed E-state index contributed by atoms with van der Waals surface area (Å²) in [6.07, 6.45) is 1.64. The number of aromatic nitrogens is 2. The van der Waals surface area contributed by atoms with Crippen LogP contribution in [0.3, 0.4) is 0 Å². The number of rotatable bonds is 9. The normalized spacial score (nSPS) is 10.7. The van der Waals surface area contributed by atoms with Crippen LogP contribution in [0.2, 0.25) is 5.02 Å². The van der Waals surface area contributed by atoms with Crippen LogP contribution in [0.25, 0.3) is 16.9 Å². The Labute approximate surface area is 222 Å². The minimum atomic E-state index is -0.322. The zero-order chi connectivity index (χ0) is 26.2. The molecule has 4 aromatic rings. The minimum Gasteiger partial charge on any atom is -0.315 e. The number of anilines is 2. The average molecular weight is 516 g/mol. The zero-order valence-corrected chi connectivity index (χ0v) is 21.7. The van der Waals surface area contributed by atoms with E-state index in [4.69, 9.17) is 16.7 Å². The molecule has 8 heteroatoms. The molecule has 1 heterocycles. The van der Waals surface area contributed by atoms with Crippen LogP contribution in [-0.2, 0) is 11.2 Å². The number of carbonyl (C=O) groups is 2. The van der Waals surface area contributed by atoms with Crippen molar-refractivity contribution in [3.8, 4) is 16.9 Å². The average Bonchev–Trinajstić information content (AvgIpc) is 3.33. The van der Waals surface area contributed by atoms with Gasteiger partial charge in [0.1, 0.15) is 12.4 Å². The van der Waals surface area contributed by atoms with E-state index in [-0.39, 0.29) is 18.5 Å². The first-order valence-electron chi connectivity index (χ1n) is 12.3. The first kappa shape index (κ1) is 26.0. The van der Waals surface area contributed by atoms with Gasteiger partial charge in [-0.3, -0.25) is 4.79 Å². The SMILES string of the molecule is CCCN(CC(=O)Nc1cc(-c2ccccc2)nn1-c1ccc(Cl)cc1)C(=O)Nc1ccc(CC)cc1. The highest BCUT2D eigenvalue weighted by Crippen LogP contribution is 2.25. The molecule has 4 rings (SSSR count). The van der Waals surface area contributed by atoms with Crippen molar-refractivity contribution in [1.82, 2.24) is 14.7 Å². The van der Waals surface area contributed by atoms with E-state index in [0.717, 1.165) is 24.1 Å². The Kier molecular flexibility index (Phi) is 8.59. The summed E-state index contributed by atoms with van der Waals surface area (Å²) in [5.41, 5.74) is 4.27. The highest BCUT2D eigenvalue weighted by atomic mass is 35.5. The summed E-state index contributed by atoms with van der Waals surface area (Å²) >= 11 is 6.07. The Morgan fingerprint density at radius 1 is 0.919 bits per heavy atom. The minimum absolute atomic E-state index is 0.0980. The van der Waals surface area contributed by atoms with Gasteiger partial charge in [-0.1, -0.05) is 67.9 Å². The molecule has 0 saturated heterocycles. The number of amides is 3. The lowest BCUT2D eigenvalue weighted by Gasteiger charge is -2.22. The van der Waals surface area contributed by atoms with E-state index in [1.807, 2.05) is 79.7 Å². The summed E-state index contributed by atoms with van der Waals surface area (Å²) in [6, 6.07) is 26.1. The maximum absolute atomic E-state index is 13.1. The van der Waals surface area contributed by atoms with Crippen molar-refractivity contribution >= 4 is 35.0 Å². The van der Waals surface area contributed by atoms with Crippen molar-refractivity contribution in [2.45, 2.75) is 26.7 Å². The summed E-state index contributed by atoms with van der Waals surface area (Å²) in [7, 11) is 0. The molecule has 0 saturated carbocycles. The lowest BCUT2D eigenvalue weighted by atomic mass is 10.1. The standard InChI is InChI=1S/C29H30ClN5O2/c1-3-18-34(29(37)31-24-14-10-21(4-2)11-15-24)20-28(36)32-27-19-26(22-8-6-5-7-9-22)33-35(27)25-16-12-23(30)13-17-25/h5-17,19H,3-4,18,20H2,1-2H3,(H,31,37)(H,32,36). The lowest BCUT2D eigenvalue weighted by Crippen LogP contribution is -2.41. The van der Waals surface area contributed by atoms with Crippen molar-refractivity contribution < 1.29 is 9.59 Å². The van der Waals surface area contributed by atoms with Gasteiger partial charge in [0.25, 0.3) is 0 Å². The van der Waals surface area contributed by atoms with Gasteiger partial charge in [-0.2, -0.15) is 5.10 Å². The highest BCUT2D eigenvalue weighted by molar-refractivity contribution is 6.30. The van der Waals surface area contributed by atoms with Gasteiger partial charge in [0.2, 0.25) is 5.91 Å². The Balaban J connectivity index is 1.52. The van der Waals surface area contributed by atoms with E-state index in [1.54, 1.807) is 16.8 Å². The molecule has 3 aromatic carbocycles. The molecule has 3 amide bonds. The van der Waals surface area contributed by atoms with Crippen molar-refractivity contribution in [2.24, 2.45) is 0 Å². The van der Waals surface area contributed by atoms with E-state index in [9.17, 15) is 9.59 Å². The number of nitrogens with one attached hydrogen (secondary N) is 2. The van der Waals surface area contributed by atoms with Crippen molar-refractivity contribution in [3.05, 3.63) is 95.5 Å². The van der Waals surface area contributed by atoms with Gasteiger partial charge in [0.15, 0.2) is 0 Å². The van der Waals surface area contributed by atoms with Crippen LogP contribution in [0.15, 0.2) is 84.9 Å². The molecule has 0 aliphatic carbocycles. The molecular weight excluding hydrogens is 486 g/mol. The van der Waals surface area contributed by atoms with Crippen LogP contribution < -0.4 is 10.6 Å². The smallest absolute Gasteiger partial charge is 0.315 e. The monoisotopic (exact) mass is 515 g/mol. The predicted octanol–water partition coefficient (Wildman–Crippen LogP) is 6.64. The second-order valence-electron chi connectivity index (χ2n) is 8.62. The predicted molar refractivity (Wildman–Crippen MR) is 149 cm³/mol. The molecule has 0 radical (unpaired) electrons. The molecule has 37 heavy (non-hydrogen) atoms. The molecule has 1 aromatic heterocycles. The third kappa shape index (κ3) is 6.77. The number of hydrogen-bond donors (Lipinski definition) is 2. The number of halogens is 1. The topological polar surface area (TPSA) is 79.3 Å². The molecule has 0 aliphatic heterocycles. The summed E-state index contributed by atoms with van der Waals surface area (Å²) in [6.45, 7) is 4.39. The molecule has 0 bridgehead atoms. The molecule has 2 N–H and O–H groups in total. The fourth-order valence-electron chi connectivity index (χ4n) is 3.90. The van der Waals surface area contributed by atoms with Crippen LogP contribution >= 0.6 is 11.6 Å². The number of urea groups is 1. The fourth-order valence-corrected chi connectivity index (χ4v) is 4.03. The molecule has 0 spiro atoms. The van der Waals surface area contributed by atoms with E-state index >= 15 is 0 Å². The van der Waals surface area contributed by atoms with Gasteiger partial charge in [-0.05, 0) is 54.8 Å². The number of carbonyl (C=O) groups excluding carboxylic acids is 2. The van der Waals surface area contributed by atoms with Crippen LogP contribution in [0.1, 0.15) is 25.8 Å². The second-order valence-corrected chi connectivity index (χ2v) is 9.06. The van der Waals surface area contributed by atoms with Gasteiger partial charge in [-0.25, -0.2) is 9.48 Å². The summed E-state index contributed by atoms with van der Waals surface area (Å²) < 4.78 is 1.66. The largest absolute Gasteiger partial charge is 0.322 e. The lowest BCUT2D eigenvalue weighted by molar-refractivity contribution is -0.116. The van der Waals surface area contributed by atoms with Crippen LogP contribution in [0.5, 0.6) is 0 Å². The Morgan fingerprint density at radius 2 is 1.62 bits per heavy atom. The molecule has 0 unspecified atom stereocenters. The number of hydrogen-bond acceptors (Lipinski definition) is 3. The third-order valence-electron chi connectivity index (χ3n) is 5.85. The maximum atomic E-state index is 13.1. The summed E-state index contributed by atoms with van der Waals surface area (Å²) in [5.74, 6) is 0.179. The molecule has 7 nitrogen and oxygen atoms in total. The Bertz CT molecular complexity index is 1340. The first-order valence-corrected chi connectivity index (χ1v) is 12.7. The number of nitrogens with zero attached hydrogens (tertiary/aromatic N) is 3. The van der Waals surface area contributed by atoms with E-state index in [1.165, 1.54) is 10.5 Å². The summed E-state index contributed by atoms with van der Waals surface area (Å²) in [4.78, 5) is 27.6. The molecule has 0 atom stereocenters. The zero-order valence-electron chi connectivity index (χ0n) is 20.9. The highest BCUT2D eigenvalue weighted by Gasteiger charge is 2.19. The van der Waals surface area contributed by atoms with Gasteiger partial charge in [0, 0.05) is 28.9 Å². The molecule has 0 fully saturated rings. The van der Waals surface area contributed by atoms with Crippen molar-refractivity contribution in [2.75, 3.05) is 23.7 Å². The van der Waals surface area contributed by atoms with Crippen LogP contribution in [-0.4, -0.2) is 39.7 Å². The first-order chi connectivity index (χ1) is 18.0. The molecule has 0 aliphatic rings. The Hall–Kier alpha value is -4.10. The Morgan fingerprint density at radius 3 is 2.27 bits per heavy atom. The van der Waals surface area contributed by atoms with E-state index in [0.29, 0.717) is 28.8 Å². The van der Waals surface area contributed by atoms with Gasteiger partial charge in [0.05, 0.1) is 11.4 Å². The molecule has 190 valence electrons. The van der Waals surface area contributed by atoms with Crippen LogP contribution in [0.4, 0.5) is 16.3 Å². The van der Waals surface area contributed by atoms with Gasteiger partial charge in [-0.15, -0.1) is 0 Å². The fraction of sp³-hybridized carbons (Fsp3) is 0.207. The number of benzene rings is 3. The number of aryl methyl sites for hydroxylation is 1. The summed E-state index contributed by atoms with van der Waals surface area (Å²) in [5, 5.41) is 11.2. The third-order valence-corrected chi connectivity index (χ3v) is 6.10. The van der Waals surface area contributed by atoms with Crippen LogP contribution in [0, 0.1) is 0 Å². The quantitative estimate of drug-likeness (QED) is 0.262. The van der Waals surface area contributed by atoms with Crippen molar-refractivity contribution in [3.63, 3.8) is 0 Å². The van der Waals surface area contributed by atoms with Gasteiger partial charge >= 0.3 is 6.03 Å². The second kappa shape index (κ2) is 12.2. The molecular formula is C29H30ClN5O2. The van der Waals surface area contributed by atoms with Crippen molar-refractivity contribution in [1.29, 1.82) is 0 Å². The van der Waals surface area contributed by atoms with Gasteiger partial charge < -0.3 is 15.5 Å².